The summed E-state index contributed by atoms with van der Waals surface area (Å²) in [6.07, 6.45) is 2.43. The quantitative estimate of drug-likeness (QED) is 0.638. The molecule has 0 saturated heterocycles. The molecule has 0 fully saturated rings. The van der Waals surface area contributed by atoms with Gasteiger partial charge >= 0.3 is 0 Å². The molecule has 0 saturated carbocycles. The van der Waals surface area contributed by atoms with Crippen LogP contribution < -0.4 is 5.23 Å². The van der Waals surface area contributed by atoms with Crippen molar-refractivity contribution in [1.29, 1.82) is 0 Å². The number of carbonyl (C=O) groups excluding carboxylic acids is 1. The van der Waals surface area contributed by atoms with Gasteiger partial charge in [-0.05, 0) is 24.5 Å². The Kier molecular flexibility index (Phi) is 7.34. The Labute approximate surface area is 111 Å². The van der Waals surface area contributed by atoms with Crippen LogP contribution in [-0.2, 0) is 43.9 Å². The van der Waals surface area contributed by atoms with Gasteiger partial charge in [-0.1, -0.05) is 30.3 Å². The van der Waals surface area contributed by atoms with Gasteiger partial charge in [0.05, 0.1) is 0 Å². The predicted octanol–water partition coefficient (Wildman–Crippen LogP) is 0.686. The maximum Gasteiger partial charge on any atom is 0.175 e. The molecule has 2 nitrogen and oxygen atoms in total. The molecule has 0 aliphatic carbocycles. The molecule has 1 unspecified atom stereocenters. The van der Waals surface area contributed by atoms with Crippen LogP contribution in [0.15, 0.2) is 24.3 Å². The average molecular weight is 261 g/mol. The van der Waals surface area contributed by atoms with Crippen LogP contribution in [0.3, 0.4) is 0 Å². The summed E-state index contributed by atoms with van der Waals surface area (Å²) in [6.45, 7) is 2.01. The smallest absolute Gasteiger partial charge is 0.175 e. The Morgan fingerprint density at radius 1 is 1.50 bits per heavy atom. The number of aryl methyl sites for hydroxylation is 1. The standard InChI is InChI=1S/C10H11BNO.Y/c1-8-4-2-3-5-9(8)6-10(7-13)12-11;/h2-5,10,12H,6H2,1H3;/q-1;. The van der Waals surface area contributed by atoms with E-state index in [0.29, 0.717) is 6.42 Å². The first kappa shape index (κ1) is 14.0. The third-order valence-electron chi connectivity index (χ3n) is 2.03. The molecule has 0 spiro atoms. The molecule has 1 N–H and O–H groups in total. The Morgan fingerprint density at radius 3 is 2.64 bits per heavy atom. The van der Waals surface area contributed by atoms with Gasteiger partial charge in [0.25, 0.3) is 0 Å². The number of benzene rings is 1. The second kappa shape index (κ2) is 7.33. The molecule has 1 rings (SSSR count). The van der Waals surface area contributed by atoms with Crippen LogP contribution in [0.1, 0.15) is 11.1 Å². The van der Waals surface area contributed by atoms with Crippen LogP contribution in [0.25, 0.3) is 0 Å². The fourth-order valence-corrected chi connectivity index (χ4v) is 1.19. The van der Waals surface area contributed by atoms with E-state index in [9.17, 15) is 4.79 Å². The van der Waals surface area contributed by atoms with Gasteiger partial charge in [0.2, 0.25) is 0 Å². The van der Waals surface area contributed by atoms with E-state index in [4.69, 9.17) is 7.98 Å². The van der Waals surface area contributed by atoms with Crippen molar-refractivity contribution in [3.8, 4) is 0 Å². The van der Waals surface area contributed by atoms with E-state index in [1.165, 1.54) is 0 Å². The van der Waals surface area contributed by atoms with Gasteiger partial charge in [-0.25, -0.2) is 6.29 Å². The van der Waals surface area contributed by atoms with Crippen molar-refractivity contribution in [3.63, 3.8) is 0 Å². The summed E-state index contributed by atoms with van der Waals surface area (Å²) in [4.78, 5) is 10.4. The van der Waals surface area contributed by atoms with Gasteiger partial charge in [0.1, 0.15) is 0 Å². The Bertz CT molecular complexity index is 293. The molecule has 0 heterocycles. The Hall–Kier alpha value is 0.0188. The molecule has 4 heteroatoms. The predicted molar refractivity (Wildman–Crippen MR) is 53.3 cm³/mol. The molecule has 1 atom stereocenters. The second-order valence-electron chi connectivity index (χ2n) is 2.97. The fraction of sp³-hybridized carbons (Fsp3) is 0.300. The molecule has 0 aliphatic rings. The number of hydrogen-bond acceptors (Lipinski definition) is 2. The molecular weight excluding hydrogens is 250 g/mol. The fourth-order valence-electron chi connectivity index (χ4n) is 1.19. The van der Waals surface area contributed by atoms with Crippen molar-refractivity contribution >= 4 is 14.3 Å². The zero-order chi connectivity index (χ0) is 9.68. The minimum atomic E-state index is -0.416. The van der Waals surface area contributed by atoms with Crippen LogP contribution in [0.5, 0.6) is 0 Å². The summed E-state index contributed by atoms with van der Waals surface area (Å²) in [5.74, 6) is 0. The number of hydrogen-bond donors (Lipinski definition) is 1. The summed E-state index contributed by atoms with van der Waals surface area (Å²) in [5, 5.41) is 2.40. The van der Waals surface area contributed by atoms with Crippen LogP contribution in [0.2, 0.25) is 0 Å². The van der Waals surface area contributed by atoms with E-state index in [1.54, 1.807) is 0 Å². The SMILES string of the molecule is [B]NC([C-]=O)Cc1ccccc1C.[Y]. The zero-order valence-electron chi connectivity index (χ0n) is 8.16. The third kappa shape index (κ3) is 4.03. The average Bonchev–Trinajstić information content (AvgIpc) is 2.17. The Morgan fingerprint density at radius 2 is 2.14 bits per heavy atom. The first-order valence-electron chi connectivity index (χ1n) is 4.16. The van der Waals surface area contributed by atoms with Gasteiger partial charge in [0.15, 0.2) is 7.98 Å². The van der Waals surface area contributed by atoms with E-state index in [0.717, 1.165) is 11.1 Å². The van der Waals surface area contributed by atoms with E-state index in [2.05, 4.69) is 5.23 Å². The maximum atomic E-state index is 10.4. The van der Waals surface area contributed by atoms with E-state index in [-0.39, 0.29) is 32.7 Å². The van der Waals surface area contributed by atoms with Gasteiger partial charge < -0.3 is 10.0 Å². The van der Waals surface area contributed by atoms with Crippen molar-refractivity contribution in [2.45, 2.75) is 19.4 Å². The molecule has 1 aromatic carbocycles. The van der Waals surface area contributed by atoms with Gasteiger partial charge in [0, 0.05) is 32.7 Å². The van der Waals surface area contributed by atoms with Gasteiger partial charge in [-0.2, -0.15) is 0 Å². The molecule has 14 heavy (non-hydrogen) atoms. The van der Waals surface area contributed by atoms with Crippen LogP contribution in [0, 0.1) is 6.92 Å². The van der Waals surface area contributed by atoms with Crippen molar-refractivity contribution in [3.05, 3.63) is 35.4 Å². The zero-order valence-corrected chi connectivity index (χ0v) is 11.0. The van der Waals surface area contributed by atoms with Gasteiger partial charge in [-0.3, -0.25) is 0 Å². The summed E-state index contributed by atoms with van der Waals surface area (Å²) in [5.41, 5.74) is 2.28. The normalized spacial score (nSPS) is 11.5. The molecule has 0 amide bonds. The maximum absolute atomic E-state index is 10.4. The minimum Gasteiger partial charge on any atom is -0.540 e. The monoisotopic (exact) mass is 261 g/mol. The van der Waals surface area contributed by atoms with Crippen molar-refractivity contribution < 1.29 is 37.5 Å². The van der Waals surface area contributed by atoms with Crippen LogP contribution in [0.4, 0.5) is 0 Å². The molecule has 1 aromatic rings. The third-order valence-corrected chi connectivity index (χ3v) is 2.03. The topological polar surface area (TPSA) is 29.1 Å². The van der Waals surface area contributed by atoms with Crippen LogP contribution in [-0.4, -0.2) is 20.3 Å². The van der Waals surface area contributed by atoms with E-state index >= 15 is 0 Å². The molecule has 0 aliphatic heterocycles. The molecule has 0 aromatic heterocycles. The minimum absolute atomic E-state index is 0. The summed E-state index contributed by atoms with van der Waals surface area (Å²) >= 11 is 0. The van der Waals surface area contributed by atoms with Crippen LogP contribution >= 0.6 is 0 Å². The second-order valence-corrected chi connectivity index (χ2v) is 2.97. The van der Waals surface area contributed by atoms with Crippen molar-refractivity contribution in [2.24, 2.45) is 0 Å². The number of rotatable bonds is 4. The Balaban J connectivity index is 0.00000169. The van der Waals surface area contributed by atoms with Gasteiger partial charge in [-0.15, -0.1) is 0 Å². The summed E-state index contributed by atoms with van der Waals surface area (Å²) in [7, 11) is 5.17. The molecule has 0 bridgehead atoms. The first-order chi connectivity index (χ1) is 6.27. The first-order valence-corrected chi connectivity index (χ1v) is 4.16. The molecule has 3 radical (unpaired) electrons. The van der Waals surface area contributed by atoms with Crippen molar-refractivity contribution in [2.75, 3.05) is 0 Å². The summed E-state index contributed by atoms with van der Waals surface area (Å²) in [6, 6.07) is 7.49. The largest absolute Gasteiger partial charge is 0.540 e. The number of nitrogens with one attached hydrogen (secondary N) is 1. The summed E-state index contributed by atoms with van der Waals surface area (Å²) < 4.78 is 0. The molecule has 69 valence electrons. The van der Waals surface area contributed by atoms with Crippen molar-refractivity contribution in [1.82, 2.24) is 5.23 Å². The molecular formula is C10H11BNOY-. The van der Waals surface area contributed by atoms with E-state index < -0.39 is 6.04 Å². The van der Waals surface area contributed by atoms with E-state index in [1.807, 2.05) is 37.5 Å².